The minimum absolute atomic E-state index is 0.123. The van der Waals surface area contributed by atoms with E-state index < -0.39 is 16.0 Å². The molecule has 2 N–H and O–H groups in total. The van der Waals surface area contributed by atoms with Crippen LogP contribution in [-0.2, 0) is 26.0 Å². The number of hydrogen-bond acceptors (Lipinski definition) is 4. The van der Waals surface area contributed by atoms with Gasteiger partial charge in [-0.25, -0.2) is 13.1 Å². The number of unbranched alkanes of at least 4 members (excludes halogenated alkanes) is 2. The maximum absolute atomic E-state index is 12.2. The summed E-state index contributed by atoms with van der Waals surface area (Å²) in [6.45, 7) is 0.493. The number of aliphatic carboxylic acids is 1. The summed E-state index contributed by atoms with van der Waals surface area (Å²) in [7, 11) is -3.24. The third-order valence-corrected chi connectivity index (χ3v) is 8.10. The molecule has 1 aromatic rings. The van der Waals surface area contributed by atoms with Crippen molar-refractivity contribution in [3.63, 3.8) is 0 Å². The molecule has 0 spiro atoms. The molecule has 2 saturated heterocycles. The Morgan fingerprint density at radius 3 is 2.56 bits per heavy atom. The second-order valence-electron chi connectivity index (χ2n) is 9.06. The first-order valence-corrected chi connectivity index (χ1v) is 13.6. The summed E-state index contributed by atoms with van der Waals surface area (Å²) in [5.41, 5.74) is 1.04. The van der Waals surface area contributed by atoms with Gasteiger partial charge in [-0.3, -0.25) is 4.79 Å². The van der Waals surface area contributed by atoms with E-state index in [1.807, 2.05) is 30.3 Å². The molecule has 0 aromatic heterocycles. The number of carboxylic acids is 1. The number of ether oxygens (including phenoxy) is 1. The highest BCUT2D eigenvalue weighted by Gasteiger charge is 2.47. The predicted octanol–water partition coefficient (Wildman–Crippen LogP) is 4.31. The molecule has 2 heterocycles. The third kappa shape index (κ3) is 8.01. The molecule has 6 nitrogen and oxygen atoms in total. The zero-order valence-electron chi connectivity index (χ0n) is 18.8. The summed E-state index contributed by atoms with van der Waals surface area (Å²) in [6.07, 6.45) is 13.4. The fraction of sp³-hybridized carbons (Fsp3) is 0.640. The smallest absolute Gasteiger partial charge is 0.303 e. The van der Waals surface area contributed by atoms with Gasteiger partial charge in [0.2, 0.25) is 10.0 Å². The number of fused-ring (bicyclic) bond motifs is 2. The zero-order chi connectivity index (χ0) is 22.8. The Balaban J connectivity index is 1.33. The summed E-state index contributed by atoms with van der Waals surface area (Å²) in [6, 6.07) is 9.69. The van der Waals surface area contributed by atoms with E-state index in [1.54, 1.807) is 0 Å². The molecular weight excluding hydrogens is 426 g/mol. The zero-order valence-corrected chi connectivity index (χ0v) is 19.6. The lowest BCUT2D eigenvalue weighted by molar-refractivity contribution is -0.137. The summed E-state index contributed by atoms with van der Waals surface area (Å²) in [4.78, 5) is 10.6. The molecule has 0 aliphatic carbocycles. The van der Waals surface area contributed by atoms with E-state index in [2.05, 4.69) is 16.9 Å². The van der Waals surface area contributed by atoms with Crippen molar-refractivity contribution in [3.8, 4) is 0 Å². The Kier molecular flexibility index (Phi) is 9.75. The molecule has 2 aliphatic rings. The van der Waals surface area contributed by atoms with E-state index in [9.17, 15) is 13.2 Å². The number of aryl methyl sites for hydroxylation is 1. The second-order valence-corrected chi connectivity index (χ2v) is 11.0. The quantitative estimate of drug-likeness (QED) is 0.299. The van der Waals surface area contributed by atoms with Crippen LogP contribution in [0.15, 0.2) is 42.5 Å². The standard InChI is InChI=1S/C25H37NO5S/c27-25(28)14-7-2-1-6-12-21-22(24-16-15-23(21)31-24)13-8-9-18-26-32(29,30)19-17-20-10-4-3-5-11-20/h1,3-6,10-11,21-24,26H,2,7-9,12-19H2,(H,27,28)/b6-1-/t21-,22+,23-,24+/m1/s1. The molecular formula is C25H37NO5S. The Labute approximate surface area is 192 Å². The number of allylic oxidation sites excluding steroid dienone is 2. The Bertz CT molecular complexity index is 839. The number of rotatable bonds is 15. The number of carbonyl (C=O) groups is 1. The highest BCUT2D eigenvalue weighted by atomic mass is 32.2. The number of nitrogens with one attached hydrogen (secondary N) is 1. The van der Waals surface area contributed by atoms with Gasteiger partial charge in [0.05, 0.1) is 18.0 Å². The Morgan fingerprint density at radius 1 is 1.06 bits per heavy atom. The van der Waals surface area contributed by atoms with Crippen LogP contribution in [0.4, 0.5) is 0 Å². The Morgan fingerprint density at radius 2 is 1.81 bits per heavy atom. The molecule has 3 rings (SSSR count). The maximum atomic E-state index is 12.2. The van der Waals surface area contributed by atoms with Crippen molar-refractivity contribution in [1.29, 1.82) is 0 Å². The van der Waals surface area contributed by atoms with Gasteiger partial charge in [-0.05, 0) is 68.8 Å². The van der Waals surface area contributed by atoms with Gasteiger partial charge in [0.1, 0.15) is 0 Å². The molecule has 1 aromatic carbocycles. The van der Waals surface area contributed by atoms with Crippen LogP contribution in [0.1, 0.15) is 63.4 Å². The molecule has 2 aliphatic heterocycles. The highest BCUT2D eigenvalue weighted by Crippen LogP contribution is 2.47. The van der Waals surface area contributed by atoms with Gasteiger partial charge in [0.15, 0.2) is 0 Å². The molecule has 32 heavy (non-hydrogen) atoms. The topological polar surface area (TPSA) is 92.7 Å². The van der Waals surface area contributed by atoms with Crippen LogP contribution in [0.2, 0.25) is 0 Å². The lowest BCUT2D eigenvalue weighted by Gasteiger charge is -2.27. The van der Waals surface area contributed by atoms with Crippen LogP contribution in [0.5, 0.6) is 0 Å². The van der Waals surface area contributed by atoms with E-state index in [-0.39, 0.29) is 12.2 Å². The van der Waals surface area contributed by atoms with E-state index in [0.717, 1.165) is 50.5 Å². The van der Waals surface area contributed by atoms with Gasteiger partial charge < -0.3 is 9.84 Å². The van der Waals surface area contributed by atoms with E-state index in [4.69, 9.17) is 9.84 Å². The van der Waals surface area contributed by atoms with Crippen molar-refractivity contribution in [2.75, 3.05) is 12.3 Å². The van der Waals surface area contributed by atoms with Crippen molar-refractivity contribution >= 4 is 16.0 Å². The van der Waals surface area contributed by atoms with Crippen LogP contribution in [0.3, 0.4) is 0 Å². The second kappa shape index (κ2) is 12.5. The normalized spacial score (nSPS) is 25.0. The first kappa shape index (κ1) is 24.9. The number of sulfonamides is 1. The summed E-state index contributed by atoms with van der Waals surface area (Å²) >= 11 is 0. The molecule has 2 fully saturated rings. The van der Waals surface area contributed by atoms with Crippen molar-refractivity contribution in [2.24, 2.45) is 11.8 Å². The lowest BCUT2D eigenvalue weighted by atomic mass is 9.75. The molecule has 0 radical (unpaired) electrons. The van der Waals surface area contributed by atoms with Crippen LogP contribution in [0.25, 0.3) is 0 Å². The number of hydrogen-bond donors (Lipinski definition) is 2. The minimum atomic E-state index is -3.24. The Hall–Kier alpha value is -1.70. The van der Waals surface area contributed by atoms with E-state index in [1.165, 1.54) is 0 Å². The summed E-state index contributed by atoms with van der Waals surface area (Å²) in [5.74, 6) is 0.468. The fourth-order valence-corrected chi connectivity index (χ4v) is 6.15. The summed E-state index contributed by atoms with van der Waals surface area (Å²) in [5, 5.41) is 8.71. The van der Waals surface area contributed by atoms with Crippen LogP contribution in [-0.4, -0.2) is 44.0 Å². The molecule has 0 saturated carbocycles. The third-order valence-electron chi connectivity index (χ3n) is 6.72. The van der Waals surface area contributed by atoms with Crippen LogP contribution in [0, 0.1) is 11.8 Å². The predicted molar refractivity (Wildman–Crippen MR) is 126 cm³/mol. The van der Waals surface area contributed by atoms with Gasteiger partial charge in [-0.15, -0.1) is 0 Å². The minimum Gasteiger partial charge on any atom is -0.481 e. The largest absolute Gasteiger partial charge is 0.481 e. The first-order chi connectivity index (χ1) is 15.4. The van der Waals surface area contributed by atoms with Crippen molar-refractivity contribution in [2.45, 2.75) is 76.4 Å². The van der Waals surface area contributed by atoms with Gasteiger partial charge in [-0.1, -0.05) is 48.9 Å². The lowest BCUT2D eigenvalue weighted by Crippen LogP contribution is -2.29. The monoisotopic (exact) mass is 463 g/mol. The van der Waals surface area contributed by atoms with Gasteiger partial charge in [0.25, 0.3) is 0 Å². The van der Waals surface area contributed by atoms with Crippen molar-refractivity contribution in [3.05, 3.63) is 48.0 Å². The van der Waals surface area contributed by atoms with Crippen LogP contribution < -0.4 is 4.72 Å². The molecule has 4 atom stereocenters. The maximum Gasteiger partial charge on any atom is 0.303 e. The van der Waals surface area contributed by atoms with Gasteiger partial charge in [-0.2, -0.15) is 0 Å². The van der Waals surface area contributed by atoms with Gasteiger partial charge in [0, 0.05) is 13.0 Å². The van der Waals surface area contributed by atoms with E-state index in [0.29, 0.717) is 43.4 Å². The summed E-state index contributed by atoms with van der Waals surface area (Å²) < 4.78 is 33.4. The first-order valence-electron chi connectivity index (χ1n) is 12.0. The van der Waals surface area contributed by atoms with Gasteiger partial charge >= 0.3 is 5.97 Å². The SMILES string of the molecule is O=C(O)CCC/C=C\C[C@@H]1[C@H](CCCCNS(=O)(=O)CCc2ccccc2)[C@@H]2CC[C@H]1O2. The fourth-order valence-electron chi connectivity index (χ4n) is 5.04. The van der Waals surface area contributed by atoms with Crippen molar-refractivity contribution in [1.82, 2.24) is 4.72 Å². The number of benzene rings is 1. The average Bonchev–Trinajstić information content (AvgIpc) is 3.37. The molecule has 2 bridgehead atoms. The molecule has 0 amide bonds. The molecule has 0 unspecified atom stereocenters. The number of carboxylic acid groups (broad SMARTS) is 1. The highest BCUT2D eigenvalue weighted by molar-refractivity contribution is 7.89. The average molecular weight is 464 g/mol. The van der Waals surface area contributed by atoms with E-state index >= 15 is 0 Å². The van der Waals surface area contributed by atoms with Crippen molar-refractivity contribution < 1.29 is 23.1 Å². The molecule has 7 heteroatoms. The van der Waals surface area contributed by atoms with Crippen LogP contribution >= 0.6 is 0 Å². The molecule has 178 valence electrons.